The monoisotopic (exact) mass is 944 g/mol. The van der Waals surface area contributed by atoms with Crippen molar-refractivity contribution >= 4 is 0 Å². The van der Waals surface area contributed by atoms with Crippen LogP contribution in [0.1, 0.15) is 197 Å². The Hall–Kier alpha value is -5.44. The van der Waals surface area contributed by atoms with Crippen molar-refractivity contribution in [1.82, 2.24) is 4.57 Å². The van der Waals surface area contributed by atoms with Gasteiger partial charge in [0.1, 0.15) is 5.60 Å². The molecule has 3 aliphatic rings. The topological polar surface area (TPSA) is 14.2 Å². The van der Waals surface area contributed by atoms with Gasteiger partial charge in [0.25, 0.3) is 0 Å². The van der Waals surface area contributed by atoms with Crippen molar-refractivity contribution in [3.05, 3.63) is 194 Å². The van der Waals surface area contributed by atoms with Crippen LogP contribution in [0.2, 0.25) is 0 Å². The maximum atomic E-state index is 5.96. The fourth-order valence-corrected chi connectivity index (χ4v) is 12.0. The molecule has 0 saturated heterocycles. The van der Waals surface area contributed by atoms with Crippen LogP contribution >= 0.6 is 0 Å². The molecule has 3 aliphatic carbocycles. The van der Waals surface area contributed by atoms with E-state index in [-0.39, 0.29) is 38.1 Å². The van der Waals surface area contributed by atoms with Gasteiger partial charge < -0.3 is 9.30 Å². The van der Waals surface area contributed by atoms with Crippen LogP contribution in [0.25, 0.3) is 39.1 Å². The summed E-state index contributed by atoms with van der Waals surface area (Å²) in [5.74, 6) is 0. The van der Waals surface area contributed by atoms with E-state index in [1.54, 1.807) is 0 Å². The van der Waals surface area contributed by atoms with Crippen LogP contribution in [0.15, 0.2) is 122 Å². The molecule has 1 unspecified atom stereocenters. The Bertz CT molecular complexity index is 3090. The fraction of sp³-hybridized carbons (Fsp3) is 0.420. The zero-order valence-corrected chi connectivity index (χ0v) is 47.6. The lowest BCUT2D eigenvalue weighted by atomic mass is 9.77. The van der Waals surface area contributed by atoms with Crippen molar-refractivity contribution in [2.45, 2.75) is 183 Å². The molecule has 0 N–H and O–H groups in total. The molecule has 0 amide bonds. The molecule has 0 fully saturated rings. The van der Waals surface area contributed by atoms with Crippen LogP contribution in [0.5, 0.6) is 0 Å². The van der Waals surface area contributed by atoms with Crippen LogP contribution in [0, 0.1) is 13.8 Å². The third-order valence-electron chi connectivity index (χ3n) is 16.3. The van der Waals surface area contributed by atoms with E-state index in [4.69, 9.17) is 4.74 Å². The third-order valence-corrected chi connectivity index (χ3v) is 16.3. The Morgan fingerprint density at radius 2 is 0.930 bits per heavy atom. The van der Waals surface area contributed by atoms with Crippen molar-refractivity contribution in [2.24, 2.45) is 0 Å². The molecule has 372 valence electrons. The minimum Gasteiger partial charge on any atom is -0.369 e. The summed E-state index contributed by atoms with van der Waals surface area (Å²) in [5, 5.41) is 0. The van der Waals surface area contributed by atoms with E-state index in [0.29, 0.717) is 0 Å². The maximum Gasteiger partial charge on any atom is 0.116 e. The summed E-state index contributed by atoms with van der Waals surface area (Å²) in [4.78, 5) is 0. The Morgan fingerprint density at radius 1 is 0.437 bits per heavy atom. The molecule has 0 saturated carbocycles. The Morgan fingerprint density at radius 3 is 1.44 bits per heavy atom. The highest BCUT2D eigenvalue weighted by Gasteiger charge is 2.43. The number of benzene rings is 6. The normalized spacial score (nSPS) is 16.9. The van der Waals surface area contributed by atoms with E-state index < -0.39 is 0 Å². The lowest BCUT2D eigenvalue weighted by Crippen LogP contribution is -2.23. The summed E-state index contributed by atoms with van der Waals surface area (Å²) in [6.07, 6.45) is 5.38. The highest BCUT2D eigenvalue weighted by Crippen LogP contribution is 2.56. The van der Waals surface area contributed by atoms with E-state index in [2.05, 4.69) is 265 Å². The number of methoxy groups -OCH3 is 1. The predicted molar refractivity (Wildman–Crippen MR) is 306 cm³/mol. The number of hydrogen-bond acceptors (Lipinski definition) is 1. The van der Waals surface area contributed by atoms with Gasteiger partial charge in [0, 0.05) is 35.9 Å². The number of rotatable bonds is 3. The molecule has 10 rings (SSSR count). The summed E-state index contributed by atoms with van der Waals surface area (Å²) in [7, 11) is 1.81. The Kier molecular flexibility index (Phi) is 12.9. The minimum atomic E-state index is -0.327. The van der Waals surface area contributed by atoms with Gasteiger partial charge in [-0.2, -0.15) is 0 Å². The molecule has 0 spiro atoms. The summed E-state index contributed by atoms with van der Waals surface area (Å²) < 4.78 is 8.24. The van der Waals surface area contributed by atoms with Gasteiger partial charge in [-0.15, -0.1) is 0 Å². The maximum absolute atomic E-state index is 5.96. The molecular weight excluding hydrogens is 859 g/mol. The number of ether oxygens (including phenoxy) is 1. The van der Waals surface area contributed by atoms with Crippen LogP contribution in [-0.4, -0.2) is 11.7 Å². The van der Waals surface area contributed by atoms with Gasteiger partial charge in [-0.1, -0.05) is 220 Å². The predicted octanol–water partition coefficient (Wildman–Crippen LogP) is 18.7. The zero-order chi connectivity index (χ0) is 52.2. The molecule has 2 heteroatoms. The van der Waals surface area contributed by atoms with E-state index in [1.165, 1.54) is 111 Å². The molecule has 0 aliphatic heterocycles. The molecule has 2 nitrogen and oxygen atoms in total. The van der Waals surface area contributed by atoms with Gasteiger partial charge in [0.05, 0.1) is 5.69 Å². The number of fused-ring (bicyclic) bond motifs is 9. The van der Waals surface area contributed by atoms with Gasteiger partial charge >= 0.3 is 0 Å². The second kappa shape index (κ2) is 17.7. The second-order valence-corrected chi connectivity index (χ2v) is 26.5. The number of hydrogen-bond donors (Lipinski definition) is 0. The molecular formula is C69H85NO. The van der Waals surface area contributed by atoms with Gasteiger partial charge in [0.15, 0.2) is 0 Å². The Balaban J connectivity index is 0.000000145. The quantitative estimate of drug-likeness (QED) is 0.172. The molecule has 0 radical (unpaired) electrons. The first-order valence-electron chi connectivity index (χ1n) is 26.4. The number of nitrogens with zero attached hydrogens (tertiary/aromatic N) is 1. The first kappa shape index (κ1) is 51.9. The van der Waals surface area contributed by atoms with Crippen molar-refractivity contribution < 1.29 is 4.74 Å². The lowest BCUT2D eigenvalue weighted by molar-refractivity contribution is 0.0429. The number of aryl methyl sites for hydroxylation is 3. The summed E-state index contributed by atoms with van der Waals surface area (Å²) in [6.45, 7) is 46.0. The van der Waals surface area contributed by atoms with E-state index >= 15 is 0 Å². The number of aromatic nitrogens is 1. The average molecular weight is 944 g/mol. The second-order valence-electron chi connectivity index (χ2n) is 26.5. The molecule has 6 aromatic carbocycles. The van der Waals surface area contributed by atoms with Crippen LogP contribution in [0.4, 0.5) is 0 Å². The van der Waals surface area contributed by atoms with E-state index in [0.717, 1.165) is 6.42 Å². The molecule has 7 aromatic rings. The van der Waals surface area contributed by atoms with Crippen LogP contribution in [0.3, 0.4) is 0 Å². The molecule has 1 aromatic heterocycles. The third kappa shape index (κ3) is 8.89. The van der Waals surface area contributed by atoms with Gasteiger partial charge in [-0.3, -0.25) is 0 Å². The van der Waals surface area contributed by atoms with Crippen molar-refractivity contribution in [1.29, 1.82) is 0 Å². The van der Waals surface area contributed by atoms with E-state index in [9.17, 15) is 0 Å². The lowest BCUT2D eigenvalue weighted by Gasteiger charge is -2.27. The van der Waals surface area contributed by atoms with Crippen LogP contribution in [-0.2, 0) is 49.2 Å². The van der Waals surface area contributed by atoms with Crippen molar-refractivity contribution in [3.63, 3.8) is 0 Å². The SMILES string of the molecule is CC(C)(C)c1ccc2c(c1)C(C)(C)c1cc(C(C)(C)C)cc(-n3cccc3)c1-2.CC(C)(C)c1cccc2c1-c1c(C(C)(C)C)cccc1C2(C)C.CCc1cc(C)cc2c1-c1ccc(C)cc1C2(C)OC. The smallest absolute Gasteiger partial charge is 0.116 e. The molecule has 1 heterocycles. The minimum absolute atomic E-state index is 0.00487. The van der Waals surface area contributed by atoms with Crippen LogP contribution < -0.4 is 0 Å². The molecule has 71 heavy (non-hydrogen) atoms. The molecule has 1 atom stereocenters. The van der Waals surface area contributed by atoms with Gasteiger partial charge in [0.2, 0.25) is 0 Å². The summed E-state index contributed by atoms with van der Waals surface area (Å²) in [6, 6.07) is 41.3. The zero-order valence-electron chi connectivity index (χ0n) is 47.6. The largest absolute Gasteiger partial charge is 0.369 e. The summed E-state index contributed by atoms with van der Waals surface area (Å²) >= 11 is 0. The van der Waals surface area contributed by atoms with Crippen molar-refractivity contribution in [2.75, 3.05) is 7.11 Å². The van der Waals surface area contributed by atoms with Gasteiger partial charge in [-0.25, -0.2) is 0 Å². The first-order chi connectivity index (χ1) is 32.9. The van der Waals surface area contributed by atoms with Crippen molar-refractivity contribution in [3.8, 4) is 39.1 Å². The molecule has 0 bridgehead atoms. The fourth-order valence-electron chi connectivity index (χ4n) is 12.0. The Labute approximate surface area is 430 Å². The van der Waals surface area contributed by atoms with E-state index in [1.807, 2.05) is 7.11 Å². The standard InChI is InChI=1S/C27H33N.C23H30.C19H22O/c1-25(2,3)18-11-12-20-21(15-18)27(7,8)22-16-19(26(4,5)6)17-23(24(20)22)28-13-9-10-14-28;1-21(2,3)15-11-9-13-17-19(15)20-16(22(4,5)6)12-10-14-18(20)23(17,7)8;1-6-14-9-13(3)11-17-18(14)15-8-7-12(2)10-16(15)19(17,4)20-5/h9-17H,1-8H3;9-14H,1-8H3;7-11H,6H2,1-5H3. The highest BCUT2D eigenvalue weighted by atomic mass is 16.5. The average Bonchev–Trinajstić information content (AvgIpc) is 4.03. The first-order valence-corrected chi connectivity index (χ1v) is 26.4. The van der Waals surface area contributed by atoms with Gasteiger partial charge in [-0.05, 0) is 156 Å². The summed E-state index contributed by atoms with van der Waals surface area (Å²) in [5.41, 5.74) is 28.3. The highest BCUT2D eigenvalue weighted by molar-refractivity contribution is 5.89.